The highest BCUT2D eigenvalue weighted by Crippen LogP contribution is 2.49. The van der Waals surface area contributed by atoms with Gasteiger partial charge >= 0.3 is 5.97 Å². The quantitative estimate of drug-likeness (QED) is 0.588. The number of aryl methyl sites for hydroxylation is 2. The van der Waals surface area contributed by atoms with Crippen LogP contribution in [-0.4, -0.2) is 41.6 Å². The maximum atomic E-state index is 13.8. The van der Waals surface area contributed by atoms with Crippen LogP contribution in [-0.2, 0) is 19.9 Å². The van der Waals surface area contributed by atoms with E-state index in [1.165, 1.54) is 7.11 Å². The Labute approximate surface area is 199 Å². The smallest absolute Gasteiger partial charge is 0.323 e. The van der Waals surface area contributed by atoms with Crippen molar-refractivity contribution in [1.29, 1.82) is 0 Å². The van der Waals surface area contributed by atoms with E-state index in [0.717, 1.165) is 45.8 Å². The Morgan fingerprint density at radius 3 is 2.64 bits per heavy atom. The van der Waals surface area contributed by atoms with Crippen LogP contribution in [0, 0.1) is 13.8 Å². The molecule has 1 amide bonds. The van der Waals surface area contributed by atoms with Crippen LogP contribution in [0.5, 0.6) is 0 Å². The number of hydrogen-bond acceptors (Lipinski definition) is 6. The summed E-state index contributed by atoms with van der Waals surface area (Å²) >= 11 is 0. The molecule has 1 unspecified atom stereocenters. The monoisotopic (exact) mass is 465 g/mol. The minimum absolute atomic E-state index is 0. The number of carbonyl (C=O) groups excluding carboxylic acids is 2. The molecule has 1 saturated heterocycles. The van der Waals surface area contributed by atoms with Crippen LogP contribution >= 0.6 is 13.5 Å². The molecule has 5 rings (SSSR count). The van der Waals surface area contributed by atoms with Crippen molar-refractivity contribution in [1.82, 2.24) is 10.1 Å². The van der Waals surface area contributed by atoms with Crippen molar-refractivity contribution >= 4 is 31.1 Å². The first-order valence-corrected chi connectivity index (χ1v) is 10.8. The van der Waals surface area contributed by atoms with Gasteiger partial charge in [0.05, 0.1) is 12.8 Å². The summed E-state index contributed by atoms with van der Waals surface area (Å²) in [5, 5.41) is 7.16. The lowest BCUT2D eigenvalue weighted by atomic mass is 9.80. The number of likely N-dealkylation sites (tertiary alicyclic amines) is 1. The number of carbonyl (C=O) groups is 2. The van der Waals surface area contributed by atoms with Crippen LogP contribution in [0.25, 0.3) is 11.1 Å². The van der Waals surface area contributed by atoms with Gasteiger partial charge in [-0.3, -0.25) is 14.5 Å². The highest BCUT2D eigenvalue weighted by molar-refractivity contribution is 7.59. The van der Waals surface area contributed by atoms with Crippen molar-refractivity contribution in [3.63, 3.8) is 0 Å². The van der Waals surface area contributed by atoms with E-state index in [0.29, 0.717) is 13.0 Å². The average molecular weight is 466 g/mol. The number of amides is 1. The van der Waals surface area contributed by atoms with Gasteiger partial charge in [-0.1, -0.05) is 41.6 Å². The van der Waals surface area contributed by atoms with Gasteiger partial charge in [0.25, 0.3) is 5.91 Å². The number of anilines is 1. The molecule has 0 bridgehead atoms. The van der Waals surface area contributed by atoms with E-state index in [9.17, 15) is 9.59 Å². The van der Waals surface area contributed by atoms with E-state index in [1.54, 1.807) is 0 Å². The zero-order valence-corrected chi connectivity index (χ0v) is 19.8. The molecule has 3 heterocycles. The number of nitrogens with zero attached hydrogens (tertiary/aromatic N) is 2. The van der Waals surface area contributed by atoms with Crippen molar-refractivity contribution in [3.05, 3.63) is 71.1 Å². The first-order valence-electron chi connectivity index (χ1n) is 10.8. The fraction of sp³-hybridized carbons (Fsp3) is 0.320. The van der Waals surface area contributed by atoms with E-state index in [-0.39, 0.29) is 25.4 Å². The van der Waals surface area contributed by atoms with Gasteiger partial charge in [0.2, 0.25) is 0 Å². The summed E-state index contributed by atoms with van der Waals surface area (Å²) in [6.45, 7) is 4.39. The highest BCUT2D eigenvalue weighted by atomic mass is 32.1. The molecule has 0 radical (unpaired) electrons. The number of methoxy groups -OCH3 is 1. The molecule has 0 spiro atoms. The molecular weight excluding hydrogens is 438 g/mol. The molecule has 0 aliphatic carbocycles. The molecule has 0 saturated carbocycles. The number of esters is 1. The molecule has 2 atom stereocenters. The van der Waals surface area contributed by atoms with E-state index >= 15 is 0 Å². The largest absolute Gasteiger partial charge is 0.468 e. The third kappa shape index (κ3) is 3.36. The minimum atomic E-state index is -1.14. The summed E-state index contributed by atoms with van der Waals surface area (Å²) in [4.78, 5) is 28.5. The van der Waals surface area contributed by atoms with Crippen LogP contribution in [0.2, 0.25) is 0 Å². The SMILES string of the molecule is COC(=O)[C@@H]1CCCN1C1(c2ccccc2)C(=O)Nc2ccc(-c3c(C)noc3C)cc21.S. The lowest BCUT2D eigenvalue weighted by Crippen LogP contribution is -2.55. The number of rotatable bonds is 4. The Bertz CT molecular complexity index is 1190. The second kappa shape index (κ2) is 8.68. The lowest BCUT2D eigenvalue weighted by Gasteiger charge is -2.40. The molecule has 2 aliphatic rings. The van der Waals surface area contributed by atoms with Crippen molar-refractivity contribution in [2.75, 3.05) is 19.0 Å². The summed E-state index contributed by atoms with van der Waals surface area (Å²) in [5.74, 6) is 0.241. The van der Waals surface area contributed by atoms with E-state index in [1.807, 2.05) is 67.3 Å². The summed E-state index contributed by atoms with van der Waals surface area (Å²) in [6, 6.07) is 15.1. The molecule has 2 aliphatic heterocycles. The van der Waals surface area contributed by atoms with Crippen molar-refractivity contribution < 1.29 is 18.8 Å². The van der Waals surface area contributed by atoms with Gasteiger partial charge in [-0.05, 0) is 49.9 Å². The maximum absolute atomic E-state index is 13.8. The fourth-order valence-corrected chi connectivity index (χ4v) is 5.30. The maximum Gasteiger partial charge on any atom is 0.323 e. The van der Waals surface area contributed by atoms with Crippen LogP contribution in [0.15, 0.2) is 53.1 Å². The predicted octanol–water partition coefficient (Wildman–Crippen LogP) is 3.90. The average Bonchev–Trinajstić information content (AvgIpc) is 3.49. The first-order chi connectivity index (χ1) is 15.5. The Morgan fingerprint density at radius 2 is 1.97 bits per heavy atom. The molecule has 172 valence electrons. The third-order valence-electron chi connectivity index (χ3n) is 6.66. The number of fused-ring (bicyclic) bond motifs is 1. The molecule has 1 aromatic heterocycles. The highest BCUT2D eigenvalue weighted by Gasteiger charge is 2.57. The van der Waals surface area contributed by atoms with Gasteiger partial charge in [0, 0.05) is 23.4 Å². The van der Waals surface area contributed by atoms with E-state index < -0.39 is 11.6 Å². The molecule has 1 fully saturated rings. The third-order valence-corrected chi connectivity index (χ3v) is 6.66. The molecule has 2 aromatic carbocycles. The summed E-state index contributed by atoms with van der Waals surface area (Å²) in [7, 11) is 1.40. The minimum Gasteiger partial charge on any atom is -0.468 e. The molecular formula is C25H27N3O4S. The predicted molar refractivity (Wildman–Crippen MR) is 129 cm³/mol. The summed E-state index contributed by atoms with van der Waals surface area (Å²) < 4.78 is 10.5. The van der Waals surface area contributed by atoms with Crippen molar-refractivity contribution in [2.24, 2.45) is 0 Å². The summed E-state index contributed by atoms with van der Waals surface area (Å²) in [6.07, 6.45) is 1.45. The molecule has 33 heavy (non-hydrogen) atoms. The first kappa shape index (κ1) is 23.1. The van der Waals surface area contributed by atoms with Crippen LogP contribution < -0.4 is 5.32 Å². The number of hydrogen-bond donors (Lipinski definition) is 1. The number of aromatic nitrogens is 1. The van der Waals surface area contributed by atoms with E-state index in [2.05, 4.69) is 10.5 Å². The Morgan fingerprint density at radius 1 is 1.21 bits per heavy atom. The van der Waals surface area contributed by atoms with Gasteiger partial charge in [-0.15, -0.1) is 0 Å². The molecule has 7 nitrogen and oxygen atoms in total. The fourth-order valence-electron chi connectivity index (χ4n) is 5.30. The van der Waals surface area contributed by atoms with Crippen molar-refractivity contribution in [3.8, 4) is 11.1 Å². The van der Waals surface area contributed by atoms with Gasteiger partial charge in [0.15, 0.2) is 5.54 Å². The Kier molecular flexibility index (Phi) is 6.07. The second-order valence-corrected chi connectivity index (χ2v) is 8.36. The topological polar surface area (TPSA) is 84.7 Å². The number of benzene rings is 2. The zero-order valence-electron chi connectivity index (χ0n) is 18.8. The van der Waals surface area contributed by atoms with Crippen LogP contribution in [0.3, 0.4) is 0 Å². The van der Waals surface area contributed by atoms with Crippen LogP contribution in [0.1, 0.15) is 35.4 Å². The Balaban J connectivity index is 0.00000259. The molecule has 1 N–H and O–H groups in total. The van der Waals surface area contributed by atoms with Gasteiger partial charge in [0.1, 0.15) is 11.8 Å². The van der Waals surface area contributed by atoms with Gasteiger partial charge < -0.3 is 14.6 Å². The normalized spacial score (nSPS) is 21.9. The van der Waals surface area contributed by atoms with Crippen molar-refractivity contribution in [2.45, 2.75) is 38.3 Å². The van der Waals surface area contributed by atoms with E-state index in [4.69, 9.17) is 9.26 Å². The van der Waals surface area contributed by atoms with Crippen LogP contribution in [0.4, 0.5) is 5.69 Å². The molecule has 8 heteroatoms. The lowest BCUT2D eigenvalue weighted by molar-refractivity contribution is -0.148. The van der Waals surface area contributed by atoms with Gasteiger partial charge in [-0.25, -0.2) is 0 Å². The number of ether oxygens (including phenoxy) is 1. The summed E-state index contributed by atoms with van der Waals surface area (Å²) in [5.41, 5.74) is 3.88. The second-order valence-electron chi connectivity index (χ2n) is 8.36. The zero-order chi connectivity index (χ0) is 22.5. The number of nitrogens with one attached hydrogen (secondary N) is 1. The molecule has 3 aromatic rings. The standard InChI is InChI=1S/C25H25N3O4.H2S/c1-15-22(16(2)32-27-15)17-11-12-20-19(14-17)25(24(30)26-20,18-8-5-4-6-9-18)28-13-7-10-21(28)23(29)31-3;/h4-6,8-9,11-12,14,21H,7,10,13H2,1-3H3,(H,26,30);1H2/t21-,25?;/m0./s1. The Hall–Kier alpha value is -3.10. The van der Waals surface area contributed by atoms with Gasteiger partial charge in [-0.2, -0.15) is 13.5 Å².